The van der Waals surface area contributed by atoms with E-state index in [4.69, 9.17) is 0 Å². The number of carbonyl (C=O) groups is 2. The number of aryl methyl sites for hydroxylation is 2. The number of amides is 2. The molecule has 2 amide bonds. The number of aromatic nitrogens is 2. The molecule has 0 aliphatic carbocycles. The van der Waals surface area contributed by atoms with Gasteiger partial charge < -0.3 is 14.7 Å². The fraction of sp³-hybridized carbons (Fsp3) is 0.500. The Morgan fingerprint density at radius 2 is 1.74 bits per heavy atom. The number of fused-ring (bicyclic) bond motifs is 1. The number of anilines is 1. The minimum absolute atomic E-state index is 0.0311. The van der Waals surface area contributed by atoms with Crippen molar-refractivity contribution in [2.45, 2.75) is 26.7 Å². The summed E-state index contributed by atoms with van der Waals surface area (Å²) in [5.74, 6) is 0.864. The number of rotatable bonds is 3. The lowest BCUT2D eigenvalue weighted by Gasteiger charge is -2.34. The lowest BCUT2D eigenvalue weighted by Crippen LogP contribution is -2.47. The van der Waals surface area contributed by atoms with Gasteiger partial charge in [0, 0.05) is 64.1 Å². The van der Waals surface area contributed by atoms with E-state index in [2.05, 4.69) is 20.9 Å². The summed E-state index contributed by atoms with van der Waals surface area (Å²) < 4.78 is 0. The van der Waals surface area contributed by atoms with Gasteiger partial charge in [0.1, 0.15) is 0 Å². The van der Waals surface area contributed by atoms with E-state index in [1.165, 1.54) is 0 Å². The van der Waals surface area contributed by atoms with E-state index >= 15 is 0 Å². The first-order chi connectivity index (χ1) is 14.8. The predicted octanol–water partition coefficient (Wildman–Crippen LogP) is 2.54. The van der Waals surface area contributed by atoms with Crippen LogP contribution in [0.15, 0.2) is 36.7 Å². The van der Waals surface area contributed by atoms with Crippen LogP contribution < -0.4 is 4.90 Å². The lowest BCUT2D eigenvalue weighted by atomic mass is 9.74. The third-order valence-corrected chi connectivity index (χ3v) is 6.61. The molecule has 2 saturated heterocycles. The Morgan fingerprint density at radius 1 is 1.06 bits per heavy atom. The lowest BCUT2D eigenvalue weighted by molar-refractivity contribution is -0.141. The van der Waals surface area contributed by atoms with E-state index in [1.54, 1.807) is 23.4 Å². The van der Waals surface area contributed by atoms with Crippen LogP contribution in [0.25, 0.3) is 0 Å². The summed E-state index contributed by atoms with van der Waals surface area (Å²) in [5.41, 5.74) is 2.37. The zero-order valence-electron chi connectivity index (χ0n) is 18.8. The highest BCUT2D eigenvalue weighted by atomic mass is 16.2. The molecule has 2 aromatic rings. The van der Waals surface area contributed by atoms with Crippen molar-refractivity contribution in [3.05, 3.63) is 53.3 Å². The van der Waals surface area contributed by atoms with Gasteiger partial charge in [-0.25, -0.2) is 9.97 Å². The maximum Gasteiger partial charge on any atom is 0.253 e. The smallest absolute Gasteiger partial charge is 0.253 e. The largest absolute Gasteiger partial charge is 0.348 e. The summed E-state index contributed by atoms with van der Waals surface area (Å²) in [6.07, 6.45) is 5.02. The first-order valence-electron chi connectivity index (χ1n) is 10.9. The van der Waals surface area contributed by atoms with E-state index in [9.17, 15) is 9.59 Å². The van der Waals surface area contributed by atoms with E-state index in [-0.39, 0.29) is 17.7 Å². The van der Waals surface area contributed by atoms with Gasteiger partial charge in [0.2, 0.25) is 11.9 Å². The number of hydrogen-bond acceptors (Lipinski definition) is 5. The minimum Gasteiger partial charge on any atom is -0.348 e. The molecule has 0 radical (unpaired) electrons. The molecule has 0 bridgehead atoms. The van der Waals surface area contributed by atoms with Gasteiger partial charge in [-0.3, -0.25) is 9.59 Å². The van der Waals surface area contributed by atoms with Crippen molar-refractivity contribution in [3.8, 4) is 0 Å². The Bertz CT molecular complexity index is 957. The molecule has 1 aromatic heterocycles. The summed E-state index contributed by atoms with van der Waals surface area (Å²) in [5, 5.41) is 0. The summed E-state index contributed by atoms with van der Waals surface area (Å²) in [4.78, 5) is 41.4. The molecule has 1 aromatic carbocycles. The molecule has 0 spiro atoms. The highest BCUT2D eigenvalue weighted by Gasteiger charge is 2.54. The van der Waals surface area contributed by atoms with Crippen LogP contribution in [0.2, 0.25) is 0 Å². The Morgan fingerprint density at radius 3 is 2.39 bits per heavy atom. The van der Waals surface area contributed by atoms with Crippen molar-refractivity contribution in [1.82, 2.24) is 19.8 Å². The van der Waals surface area contributed by atoms with Crippen molar-refractivity contribution in [3.63, 3.8) is 0 Å². The molecule has 7 nitrogen and oxygen atoms in total. The number of carbonyl (C=O) groups excluding carboxylic acids is 2. The molecule has 2 atom stereocenters. The van der Waals surface area contributed by atoms with E-state index in [1.807, 2.05) is 45.0 Å². The van der Waals surface area contributed by atoms with Gasteiger partial charge >= 0.3 is 0 Å². The van der Waals surface area contributed by atoms with Gasteiger partial charge in [0.15, 0.2) is 0 Å². The van der Waals surface area contributed by atoms with Crippen LogP contribution in [0.3, 0.4) is 0 Å². The molecular weight excluding hydrogens is 390 g/mol. The molecule has 3 heterocycles. The predicted molar refractivity (Wildman–Crippen MR) is 120 cm³/mol. The summed E-state index contributed by atoms with van der Waals surface area (Å²) in [7, 11) is 3.64. The van der Waals surface area contributed by atoms with E-state index in [0.717, 1.165) is 29.5 Å². The van der Waals surface area contributed by atoms with Gasteiger partial charge in [-0.15, -0.1) is 0 Å². The monoisotopic (exact) mass is 421 g/mol. The van der Waals surface area contributed by atoms with Crippen molar-refractivity contribution >= 4 is 17.8 Å². The van der Waals surface area contributed by atoms with Crippen molar-refractivity contribution in [2.75, 3.05) is 45.2 Å². The van der Waals surface area contributed by atoms with Crippen LogP contribution in [0.1, 0.15) is 34.3 Å². The normalized spacial score (nSPS) is 23.3. The second-order valence-electron chi connectivity index (χ2n) is 9.21. The number of likely N-dealkylation sites (tertiary alicyclic amines) is 1. The fourth-order valence-corrected chi connectivity index (χ4v) is 5.30. The Balaban J connectivity index is 1.65. The molecule has 0 N–H and O–H groups in total. The Hall–Kier alpha value is -2.96. The third kappa shape index (κ3) is 4.01. The first kappa shape index (κ1) is 21.3. The molecule has 2 fully saturated rings. The first-order valence-corrected chi connectivity index (χ1v) is 10.9. The molecule has 0 saturated carbocycles. The molecule has 2 aliphatic rings. The zero-order chi connectivity index (χ0) is 22.2. The SMILES string of the molecule is Cc1cc(C)cc(C(=O)N2CCC[C@]3(C(=O)N(C)C)CN(c4ncccn4)C[C@@H]3C2)c1. The van der Waals surface area contributed by atoms with Crippen LogP contribution in [-0.4, -0.2) is 71.9 Å². The Kier molecular flexibility index (Phi) is 5.69. The maximum atomic E-state index is 13.4. The highest BCUT2D eigenvalue weighted by molar-refractivity contribution is 5.95. The molecule has 164 valence electrons. The molecule has 31 heavy (non-hydrogen) atoms. The van der Waals surface area contributed by atoms with E-state index < -0.39 is 5.41 Å². The van der Waals surface area contributed by atoms with Gasteiger partial charge in [-0.1, -0.05) is 17.2 Å². The van der Waals surface area contributed by atoms with E-state index in [0.29, 0.717) is 32.1 Å². The minimum atomic E-state index is -0.528. The second kappa shape index (κ2) is 8.29. The van der Waals surface area contributed by atoms with Crippen LogP contribution >= 0.6 is 0 Å². The number of benzene rings is 1. The van der Waals surface area contributed by atoms with Crippen LogP contribution in [-0.2, 0) is 4.79 Å². The molecule has 0 unspecified atom stereocenters. The molecule has 2 aliphatic heterocycles. The zero-order valence-corrected chi connectivity index (χ0v) is 18.8. The molecule has 7 heteroatoms. The maximum absolute atomic E-state index is 13.4. The quantitative estimate of drug-likeness (QED) is 0.762. The number of nitrogens with zero attached hydrogens (tertiary/aromatic N) is 5. The summed E-state index contributed by atoms with van der Waals surface area (Å²) >= 11 is 0. The highest BCUT2D eigenvalue weighted by Crippen LogP contribution is 2.44. The molecular formula is C24H31N5O2. The van der Waals surface area contributed by atoms with Gasteiger partial charge in [0.05, 0.1) is 5.41 Å². The average molecular weight is 422 g/mol. The van der Waals surface area contributed by atoms with Gasteiger partial charge in [-0.05, 0) is 44.9 Å². The Labute approximate surface area is 184 Å². The third-order valence-electron chi connectivity index (χ3n) is 6.61. The summed E-state index contributed by atoms with van der Waals surface area (Å²) in [6, 6.07) is 7.78. The van der Waals surface area contributed by atoms with Crippen molar-refractivity contribution in [2.24, 2.45) is 11.3 Å². The summed E-state index contributed by atoms with van der Waals surface area (Å²) in [6.45, 7) is 6.52. The second-order valence-corrected chi connectivity index (χ2v) is 9.21. The fourth-order valence-electron chi connectivity index (χ4n) is 5.30. The standard InChI is InChI=1S/C24H31N5O2/c1-17-11-18(2)13-19(12-17)21(30)28-10-5-7-24(22(31)27(3)4)16-29(15-20(24)14-28)23-25-8-6-9-26-23/h6,8-9,11-13,20H,5,7,10,14-16H2,1-4H3/t20-,24-/m0/s1. The molecule has 4 rings (SSSR count). The average Bonchev–Trinajstić information content (AvgIpc) is 3.01. The number of hydrogen-bond donors (Lipinski definition) is 0. The van der Waals surface area contributed by atoms with Gasteiger partial charge in [0.25, 0.3) is 5.91 Å². The van der Waals surface area contributed by atoms with Crippen molar-refractivity contribution in [1.29, 1.82) is 0 Å². The van der Waals surface area contributed by atoms with Crippen LogP contribution in [0, 0.1) is 25.2 Å². The van der Waals surface area contributed by atoms with Crippen LogP contribution in [0.4, 0.5) is 5.95 Å². The van der Waals surface area contributed by atoms with Crippen LogP contribution in [0.5, 0.6) is 0 Å². The topological polar surface area (TPSA) is 69.6 Å². The van der Waals surface area contributed by atoms with Gasteiger partial charge in [-0.2, -0.15) is 0 Å². The van der Waals surface area contributed by atoms with Crippen molar-refractivity contribution < 1.29 is 9.59 Å².